The molecule has 0 aromatic rings. The van der Waals surface area contributed by atoms with Gasteiger partial charge in [0.15, 0.2) is 0 Å². The van der Waals surface area contributed by atoms with Crippen LogP contribution in [0.3, 0.4) is 0 Å². The number of hydrogen-bond donors (Lipinski definition) is 1. The number of amides is 1. The van der Waals surface area contributed by atoms with Crippen LogP contribution >= 0.6 is 12.4 Å². The molecule has 1 amide bonds. The molecule has 1 atom stereocenters. The normalized spacial score (nSPS) is 25.7. The van der Waals surface area contributed by atoms with Crippen molar-refractivity contribution >= 4 is 18.3 Å². The molecule has 100 valence electrons. The lowest BCUT2D eigenvalue weighted by molar-refractivity contribution is -0.139. The van der Waals surface area contributed by atoms with Gasteiger partial charge in [-0.3, -0.25) is 4.79 Å². The van der Waals surface area contributed by atoms with Gasteiger partial charge in [-0.1, -0.05) is 12.8 Å². The van der Waals surface area contributed by atoms with Gasteiger partial charge in [0, 0.05) is 18.5 Å². The Labute approximate surface area is 111 Å². The largest absolute Gasteiger partial charge is 0.339 e. The van der Waals surface area contributed by atoms with Crippen molar-refractivity contribution in [2.75, 3.05) is 13.1 Å². The predicted molar refractivity (Wildman–Crippen MR) is 72.2 cm³/mol. The van der Waals surface area contributed by atoms with E-state index in [1.165, 1.54) is 25.7 Å². The van der Waals surface area contributed by atoms with E-state index in [2.05, 4.69) is 4.90 Å². The summed E-state index contributed by atoms with van der Waals surface area (Å²) in [5.74, 6) is 0.758. The zero-order chi connectivity index (χ0) is 11.4. The Kier molecular flexibility index (Phi) is 6.28. The van der Waals surface area contributed by atoms with E-state index in [0.29, 0.717) is 24.4 Å². The summed E-state index contributed by atoms with van der Waals surface area (Å²) >= 11 is 0. The van der Waals surface area contributed by atoms with Crippen molar-refractivity contribution in [2.45, 2.75) is 57.4 Å². The molecule has 0 aromatic heterocycles. The molecular formula is C13H25ClN2O. The topological polar surface area (TPSA) is 46.3 Å². The van der Waals surface area contributed by atoms with E-state index in [9.17, 15) is 4.79 Å². The molecule has 2 aliphatic rings. The number of halogens is 1. The van der Waals surface area contributed by atoms with Gasteiger partial charge in [0.25, 0.3) is 0 Å². The van der Waals surface area contributed by atoms with E-state index >= 15 is 0 Å². The summed E-state index contributed by atoms with van der Waals surface area (Å²) in [6, 6.07) is 0.437. The highest BCUT2D eigenvalue weighted by Gasteiger charge is 2.32. The summed E-state index contributed by atoms with van der Waals surface area (Å²) in [4.78, 5) is 14.5. The van der Waals surface area contributed by atoms with Crippen molar-refractivity contribution < 1.29 is 4.79 Å². The highest BCUT2D eigenvalue weighted by Crippen LogP contribution is 2.29. The molecule has 2 rings (SSSR count). The van der Waals surface area contributed by atoms with E-state index < -0.39 is 0 Å². The summed E-state index contributed by atoms with van der Waals surface area (Å²) in [7, 11) is 0. The molecule has 3 nitrogen and oxygen atoms in total. The van der Waals surface area contributed by atoms with E-state index in [4.69, 9.17) is 5.73 Å². The fourth-order valence-electron chi connectivity index (χ4n) is 3.19. The number of carbonyl (C=O) groups is 1. The predicted octanol–water partition coefficient (Wildman–Crippen LogP) is 2.33. The van der Waals surface area contributed by atoms with Crippen LogP contribution in [0, 0.1) is 5.92 Å². The maximum Gasteiger partial charge on any atom is 0.225 e. The van der Waals surface area contributed by atoms with Crippen molar-refractivity contribution in [3.05, 3.63) is 0 Å². The monoisotopic (exact) mass is 260 g/mol. The van der Waals surface area contributed by atoms with Crippen LogP contribution in [0.2, 0.25) is 0 Å². The van der Waals surface area contributed by atoms with Crippen molar-refractivity contribution in [1.29, 1.82) is 0 Å². The number of hydrogen-bond acceptors (Lipinski definition) is 2. The first-order valence-corrected chi connectivity index (χ1v) is 6.83. The quantitative estimate of drug-likeness (QED) is 0.847. The second kappa shape index (κ2) is 7.22. The number of carbonyl (C=O) groups excluding carboxylic acids is 1. The first-order chi connectivity index (χ1) is 7.83. The summed E-state index contributed by atoms with van der Waals surface area (Å²) in [6.07, 6.45) is 9.31. The maximum atomic E-state index is 12.4. The smallest absolute Gasteiger partial charge is 0.225 e. The zero-order valence-electron chi connectivity index (χ0n) is 10.6. The molecule has 0 bridgehead atoms. The number of rotatable bonds is 3. The SMILES string of the molecule is Cl.NCCC1CCCCN1C(=O)C1CCCC1. The molecule has 0 spiro atoms. The van der Waals surface area contributed by atoms with Crippen molar-refractivity contribution in [1.82, 2.24) is 4.90 Å². The van der Waals surface area contributed by atoms with Crippen LogP contribution in [0.15, 0.2) is 0 Å². The van der Waals surface area contributed by atoms with Crippen molar-refractivity contribution in [2.24, 2.45) is 11.7 Å². The first-order valence-electron chi connectivity index (χ1n) is 6.83. The van der Waals surface area contributed by atoms with Gasteiger partial charge in [-0.05, 0) is 45.1 Å². The first kappa shape index (κ1) is 14.8. The molecule has 2 N–H and O–H groups in total. The molecule has 0 radical (unpaired) electrons. The van der Waals surface area contributed by atoms with Crippen LogP contribution in [-0.2, 0) is 4.79 Å². The van der Waals surface area contributed by atoms with E-state index in [1.807, 2.05) is 0 Å². The zero-order valence-corrected chi connectivity index (χ0v) is 11.4. The van der Waals surface area contributed by atoms with Crippen LogP contribution < -0.4 is 5.73 Å². The van der Waals surface area contributed by atoms with Crippen LogP contribution in [0.25, 0.3) is 0 Å². The molecule has 1 unspecified atom stereocenters. The van der Waals surface area contributed by atoms with E-state index in [0.717, 1.165) is 32.2 Å². The molecule has 1 aliphatic heterocycles. The number of nitrogens with zero attached hydrogens (tertiary/aromatic N) is 1. The Morgan fingerprint density at radius 2 is 1.76 bits per heavy atom. The lowest BCUT2D eigenvalue weighted by Crippen LogP contribution is -2.46. The molecule has 1 heterocycles. The Hall–Kier alpha value is -0.280. The number of piperidine rings is 1. The van der Waals surface area contributed by atoms with Gasteiger partial charge in [-0.25, -0.2) is 0 Å². The Bertz CT molecular complexity index is 240. The summed E-state index contributed by atoms with van der Waals surface area (Å²) in [5, 5.41) is 0. The third-order valence-electron chi connectivity index (χ3n) is 4.11. The minimum Gasteiger partial charge on any atom is -0.339 e. The Morgan fingerprint density at radius 1 is 1.12 bits per heavy atom. The molecule has 17 heavy (non-hydrogen) atoms. The molecule has 4 heteroatoms. The molecular weight excluding hydrogens is 236 g/mol. The summed E-state index contributed by atoms with van der Waals surface area (Å²) < 4.78 is 0. The van der Waals surface area contributed by atoms with Gasteiger partial charge >= 0.3 is 0 Å². The standard InChI is InChI=1S/C13H24N2O.ClH/c14-9-8-12-7-3-4-10-15(12)13(16)11-5-1-2-6-11;/h11-12H,1-10,14H2;1H. The van der Waals surface area contributed by atoms with Gasteiger partial charge in [0.1, 0.15) is 0 Å². The highest BCUT2D eigenvalue weighted by molar-refractivity contribution is 5.85. The Morgan fingerprint density at radius 3 is 2.41 bits per heavy atom. The fraction of sp³-hybridized carbons (Fsp3) is 0.923. The van der Waals surface area contributed by atoms with Crippen molar-refractivity contribution in [3.8, 4) is 0 Å². The highest BCUT2D eigenvalue weighted by atomic mass is 35.5. The van der Waals surface area contributed by atoms with Crippen LogP contribution in [-0.4, -0.2) is 29.9 Å². The lowest BCUT2D eigenvalue weighted by atomic mass is 9.96. The maximum absolute atomic E-state index is 12.4. The van der Waals surface area contributed by atoms with Gasteiger partial charge in [0.2, 0.25) is 5.91 Å². The summed E-state index contributed by atoms with van der Waals surface area (Å²) in [5.41, 5.74) is 5.64. The average molecular weight is 261 g/mol. The van der Waals surface area contributed by atoms with Gasteiger partial charge in [-0.2, -0.15) is 0 Å². The molecule has 2 fully saturated rings. The van der Waals surface area contributed by atoms with Crippen molar-refractivity contribution in [3.63, 3.8) is 0 Å². The minimum absolute atomic E-state index is 0. The summed E-state index contributed by atoms with van der Waals surface area (Å²) in [6.45, 7) is 1.68. The Balaban J connectivity index is 0.00000144. The van der Waals surface area contributed by atoms with E-state index in [1.54, 1.807) is 0 Å². The van der Waals surface area contributed by atoms with Gasteiger partial charge in [-0.15, -0.1) is 12.4 Å². The third kappa shape index (κ3) is 3.59. The fourth-order valence-corrected chi connectivity index (χ4v) is 3.19. The number of likely N-dealkylation sites (tertiary alicyclic amines) is 1. The second-order valence-corrected chi connectivity index (χ2v) is 5.24. The number of nitrogens with two attached hydrogens (primary N) is 1. The van der Waals surface area contributed by atoms with Crippen LogP contribution in [0.5, 0.6) is 0 Å². The molecule has 1 aliphatic carbocycles. The second-order valence-electron chi connectivity index (χ2n) is 5.24. The van der Waals surface area contributed by atoms with Gasteiger partial charge in [0.05, 0.1) is 0 Å². The molecule has 1 saturated heterocycles. The lowest BCUT2D eigenvalue weighted by Gasteiger charge is -2.37. The molecule has 0 aromatic carbocycles. The van der Waals surface area contributed by atoms with Gasteiger partial charge < -0.3 is 10.6 Å². The minimum atomic E-state index is 0. The van der Waals surface area contributed by atoms with E-state index in [-0.39, 0.29) is 12.4 Å². The van der Waals surface area contributed by atoms with Crippen LogP contribution in [0.4, 0.5) is 0 Å². The average Bonchev–Trinajstić information content (AvgIpc) is 2.83. The molecule has 1 saturated carbocycles. The third-order valence-corrected chi connectivity index (χ3v) is 4.11. The van der Waals surface area contributed by atoms with Crippen LogP contribution in [0.1, 0.15) is 51.4 Å².